The van der Waals surface area contributed by atoms with Crippen LogP contribution in [0.1, 0.15) is 21.9 Å². The van der Waals surface area contributed by atoms with Gasteiger partial charge in [0.25, 0.3) is 5.91 Å². The molecule has 1 amide bonds. The van der Waals surface area contributed by atoms with Crippen LogP contribution in [0.15, 0.2) is 28.4 Å². The molecule has 1 unspecified atom stereocenters. The van der Waals surface area contributed by atoms with Crippen molar-refractivity contribution in [1.82, 2.24) is 30.0 Å². The van der Waals surface area contributed by atoms with Gasteiger partial charge in [-0.05, 0) is 12.3 Å². The summed E-state index contributed by atoms with van der Waals surface area (Å²) in [5, 5.41) is 14.8. The Labute approximate surface area is 142 Å². The molecule has 24 heavy (non-hydrogen) atoms. The number of aromatic nitrogens is 5. The minimum atomic E-state index is -0.101. The summed E-state index contributed by atoms with van der Waals surface area (Å²) in [7, 11) is 1.77. The van der Waals surface area contributed by atoms with Crippen molar-refractivity contribution in [2.45, 2.75) is 12.8 Å². The SMILES string of the molecule is Cn1cc(-c2cc(C(=O)N3CCC(Cc4nccs4)C3)no2)nn1. The molecule has 3 aromatic heterocycles. The molecule has 8 nitrogen and oxygen atoms in total. The fraction of sp³-hybridized carbons (Fsp3) is 0.400. The van der Waals surface area contributed by atoms with E-state index in [0.29, 0.717) is 23.1 Å². The minimum Gasteiger partial charge on any atom is -0.354 e. The van der Waals surface area contributed by atoms with Crippen LogP contribution in [-0.4, -0.2) is 49.0 Å². The van der Waals surface area contributed by atoms with Crippen molar-refractivity contribution in [3.8, 4) is 11.5 Å². The molecule has 1 aliphatic rings. The van der Waals surface area contributed by atoms with Gasteiger partial charge in [-0.1, -0.05) is 10.4 Å². The molecule has 4 rings (SSSR count). The van der Waals surface area contributed by atoms with Gasteiger partial charge in [-0.25, -0.2) is 4.98 Å². The molecule has 1 atom stereocenters. The molecule has 124 valence electrons. The summed E-state index contributed by atoms with van der Waals surface area (Å²) in [6.45, 7) is 1.47. The maximum absolute atomic E-state index is 12.6. The van der Waals surface area contributed by atoms with Gasteiger partial charge in [-0.2, -0.15) is 0 Å². The predicted molar refractivity (Wildman–Crippen MR) is 86.3 cm³/mol. The van der Waals surface area contributed by atoms with Crippen molar-refractivity contribution in [3.63, 3.8) is 0 Å². The molecule has 0 aromatic carbocycles. The number of aryl methyl sites for hydroxylation is 1. The first-order valence-corrected chi connectivity index (χ1v) is 8.58. The second-order valence-electron chi connectivity index (χ2n) is 5.89. The number of nitrogens with zero attached hydrogens (tertiary/aromatic N) is 6. The van der Waals surface area contributed by atoms with Crippen molar-refractivity contribution in [2.24, 2.45) is 13.0 Å². The monoisotopic (exact) mass is 344 g/mol. The Kier molecular flexibility index (Phi) is 3.85. The third kappa shape index (κ3) is 2.94. The van der Waals surface area contributed by atoms with Crippen molar-refractivity contribution in [3.05, 3.63) is 34.5 Å². The fourth-order valence-electron chi connectivity index (χ4n) is 2.90. The van der Waals surface area contributed by atoms with Gasteiger partial charge in [0.15, 0.2) is 17.1 Å². The first-order chi connectivity index (χ1) is 11.7. The Morgan fingerprint density at radius 2 is 2.42 bits per heavy atom. The molecule has 3 aromatic rings. The smallest absolute Gasteiger partial charge is 0.276 e. The second kappa shape index (κ2) is 6.16. The van der Waals surface area contributed by atoms with E-state index < -0.39 is 0 Å². The highest BCUT2D eigenvalue weighted by Crippen LogP contribution is 2.24. The van der Waals surface area contributed by atoms with Gasteiger partial charge < -0.3 is 9.42 Å². The van der Waals surface area contributed by atoms with Crippen LogP contribution in [0.2, 0.25) is 0 Å². The van der Waals surface area contributed by atoms with E-state index in [1.807, 2.05) is 16.5 Å². The fourth-order valence-corrected chi connectivity index (χ4v) is 3.64. The van der Waals surface area contributed by atoms with Gasteiger partial charge in [0.2, 0.25) is 0 Å². The molecule has 9 heteroatoms. The first-order valence-electron chi connectivity index (χ1n) is 7.70. The van der Waals surface area contributed by atoms with Crippen LogP contribution in [-0.2, 0) is 13.5 Å². The highest BCUT2D eigenvalue weighted by molar-refractivity contribution is 7.09. The number of likely N-dealkylation sites (tertiary alicyclic amines) is 1. The molecule has 0 aliphatic carbocycles. The Morgan fingerprint density at radius 1 is 1.50 bits per heavy atom. The Balaban J connectivity index is 1.42. The van der Waals surface area contributed by atoms with Crippen molar-refractivity contribution >= 4 is 17.2 Å². The van der Waals surface area contributed by atoms with Crippen LogP contribution in [0.25, 0.3) is 11.5 Å². The topological polar surface area (TPSA) is 89.9 Å². The number of thiazole rings is 1. The third-order valence-corrected chi connectivity index (χ3v) is 4.91. The molecule has 1 fully saturated rings. The zero-order valence-corrected chi connectivity index (χ0v) is 13.9. The molecule has 0 radical (unpaired) electrons. The van der Waals surface area contributed by atoms with E-state index in [4.69, 9.17) is 4.52 Å². The Bertz CT molecular complexity index is 840. The predicted octanol–water partition coefficient (Wildman–Crippen LogP) is 1.63. The number of hydrogen-bond acceptors (Lipinski definition) is 7. The zero-order valence-electron chi connectivity index (χ0n) is 13.1. The van der Waals surface area contributed by atoms with Gasteiger partial charge in [0.1, 0.15) is 0 Å². The first kappa shape index (κ1) is 15.0. The van der Waals surface area contributed by atoms with Gasteiger partial charge >= 0.3 is 0 Å². The summed E-state index contributed by atoms with van der Waals surface area (Å²) in [6, 6.07) is 1.63. The summed E-state index contributed by atoms with van der Waals surface area (Å²) >= 11 is 1.66. The highest BCUT2D eigenvalue weighted by atomic mass is 32.1. The Morgan fingerprint density at radius 3 is 3.17 bits per heavy atom. The van der Waals surface area contributed by atoms with Crippen LogP contribution in [0.4, 0.5) is 0 Å². The summed E-state index contributed by atoms with van der Waals surface area (Å²) in [4.78, 5) is 18.7. The van der Waals surface area contributed by atoms with E-state index in [0.717, 1.165) is 30.9 Å². The zero-order chi connectivity index (χ0) is 16.5. The number of carbonyl (C=O) groups excluding carboxylic acids is 1. The molecule has 0 saturated carbocycles. The maximum Gasteiger partial charge on any atom is 0.276 e. The average Bonchev–Trinajstić information content (AvgIpc) is 3.35. The van der Waals surface area contributed by atoms with Gasteiger partial charge in [-0.15, -0.1) is 16.4 Å². The molecule has 0 bridgehead atoms. The summed E-state index contributed by atoms with van der Waals surface area (Å²) < 4.78 is 6.81. The molecule has 0 spiro atoms. The summed E-state index contributed by atoms with van der Waals surface area (Å²) in [6.07, 6.45) is 5.45. The normalized spacial score (nSPS) is 17.5. The van der Waals surface area contributed by atoms with Crippen LogP contribution >= 0.6 is 11.3 Å². The molecule has 4 heterocycles. The lowest BCUT2D eigenvalue weighted by Crippen LogP contribution is -2.29. The number of hydrogen-bond donors (Lipinski definition) is 0. The number of amides is 1. The minimum absolute atomic E-state index is 0.101. The van der Waals surface area contributed by atoms with E-state index in [9.17, 15) is 4.79 Å². The van der Waals surface area contributed by atoms with Crippen LogP contribution in [0, 0.1) is 5.92 Å². The van der Waals surface area contributed by atoms with E-state index in [-0.39, 0.29) is 5.91 Å². The second-order valence-corrected chi connectivity index (χ2v) is 6.87. The number of rotatable bonds is 4. The lowest BCUT2D eigenvalue weighted by Gasteiger charge is -2.14. The summed E-state index contributed by atoms with van der Waals surface area (Å²) in [5.41, 5.74) is 0.873. The molecular formula is C15H16N6O2S. The van der Waals surface area contributed by atoms with E-state index >= 15 is 0 Å². The lowest BCUT2D eigenvalue weighted by molar-refractivity contribution is 0.0777. The lowest BCUT2D eigenvalue weighted by atomic mass is 10.1. The maximum atomic E-state index is 12.6. The van der Waals surface area contributed by atoms with E-state index in [1.165, 1.54) is 0 Å². The number of carbonyl (C=O) groups is 1. The van der Waals surface area contributed by atoms with Crippen LogP contribution in [0.3, 0.4) is 0 Å². The van der Waals surface area contributed by atoms with Crippen molar-refractivity contribution in [2.75, 3.05) is 13.1 Å². The van der Waals surface area contributed by atoms with Crippen LogP contribution < -0.4 is 0 Å². The van der Waals surface area contributed by atoms with Gasteiger partial charge in [0.05, 0.1) is 11.2 Å². The molecule has 1 aliphatic heterocycles. The quantitative estimate of drug-likeness (QED) is 0.714. The van der Waals surface area contributed by atoms with Crippen molar-refractivity contribution in [1.29, 1.82) is 0 Å². The van der Waals surface area contributed by atoms with E-state index in [1.54, 1.807) is 35.3 Å². The van der Waals surface area contributed by atoms with Crippen LogP contribution in [0.5, 0.6) is 0 Å². The molecule has 0 N–H and O–H groups in total. The largest absolute Gasteiger partial charge is 0.354 e. The Hall–Kier alpha value is -2.55. The average molecular weight is 344 g/mol. The molecular weight excluding hydrogens is 328 g/mol. The van der Waals surface area contributed by atoms with E-state index in [2.05, 4.69) is 20.5 Å². The summed E-state index contributed by atoms with van der Waals surface area (Å²) in [5.74, 6) is 0.798. The van der Waals surface area contributed by atoms with Crippen molar-refractivity contribution < 1.29 is 9.32 Å². The molecule has 1 saturated heterocycles. The standard InChI is InChI=1S/C15H16N6O2S/c1-20-9-12(17-19-20)13-7-11(18-23-13)15(22)21-4-2-10(8-21)6-14-16-3-5-24-14/h3,5,7,9-10H,2,4,6,8H2,1H3. The third-order valence-electron chi connectivity index (χ3n) is 4.10. The van der Waals surface area contributed by atoms with Gasteiger partial charge in [-0.3, -0.25) is 9.48 Å². The van der Waals surface area contributed by atoms with Gasteiger partial charge in [0, 0.05) is 44.2 Å². The highest BCUT2D eigenvalue weighted by Gasteiger charge is 2.29.